The molecular formula is C12H26N2O2. The van der Waals surface area contributed by atoms with E-state index in [4.69, 9.17) is 4.74 Å². The van der Waals surface area contributed by atoms with E-state index in [0.717, 1.165) is 32.4 Å². The summed E-state index contributed by atoms with van der Waals surface area (Å²) in [4.78, 5) is 13.8. The molecule has 0 aromatic carbocycles. The fraction of sp³-hybridized carbons (Fsp3) is 0.917. The third kappa shape index (κ3) is 5.47. The zero-order valence-corrected chi connectivity index (χ0v) is 11.3. The molecule has 4 nitrogen and oxygen atoms in total. The van der Waals surface area contributed by atoms with Gasteiger partial charge >= 0.3 is 5.97 Å². The standard InChI is InChI=1S/C12H26N2O2/c1-6-13-12(2,11(15)16-5)9-7-8-10-14(3)4/h13H,6-10H2,1-5H3. The third-order valence-corrected chi connectivity index (χ3v) is 2.73. The van der Waals surface area contributed by atoms with Crippen molar-refractivity contribution in [3.8, 4) is 0 Å². The molecule has 0 spiro atoms. The topological polar surface area (TPSA) is 41.6 Å². The number of carbonyl (C=O) groups is 1. The Hall–Kier alpha value is -0.610. The maximum Gasteiger partial charge on any atom is 0.325 e. The smallest absolute Gasteiger partial charge is 0.325 e. The molecule has 0 bridgehead atoms. The minimum atomic E-state index is -0.532. The van der Waals surface area contributed by atoms with E-state index in [9.17, 15) is 4.79 Å². The summed E-state index contributed by atoms with van der Waals surface area (Å²) >= 11 is 0. The first-order valence-electron chi connectivity index (χ1n) is 5.94. The maximum absolute atomic E-state index is 11.7. The summed E-state index contributed by atoms with van der Waals surface area (Å²) in [6.07, 6.45) is 2.95. The molecule has 0 fully saturated rings. The largest absolute Gasteiger partial charge is 0.468 e. The highest BCUT2D eigenvalue weighted by atomic mass is 16.5. The van der Waals surface area contributed by atoms with Gasteiger partial charge in [0.15, 0.2) is 0 Å². The first kappa shape index (κ1) is 15.4. The van der Waals surface area contributed by atoms with E-state index in [-0.39, 0.29) is 5.97 Å². The van der Waals surface area contributed by atoms with E-state index in [2.05, 4.69) is 24.3 Å². The van der Waals surface area contributed by atoms with E-state index in [1.807, 2.05) is 13.8 Å². The molecule has 0 aliphatic rings. The second-order valence-corrected chi connectivity index (χ2v) is 4.61. The van der Waals surface area contributed by atoms with Gasteiger partial charge in [0.05, 0.1) is 7.11 Å². The second-order valence-electron chi connectivity index (χ2n) is 4.61. The summed E-state index contributed by atoms with van der Waals surface area (Å²) in [5.74, 6) is -0.167. The van der Waals surface area contributed by atoms with Crippen LogP contribution >= 0.6 is 0 Å². The van der Waals surface area contributed by atoms with Crippen LogP contribution in [-0.4, -0.2) is 50.7 Å². The van der Waals surface area contributed by atoms with Crippen molar-refractivity contribution in [2.45, 2.75) is 38.6 Å². The van der Waals surface area contributed by atoms with Crippen LogP contribution in [0.4, 0.5) is 0 Å². The fourth-order valence-corrected chi connectivity index (χ4v) is 1.78. The molecule has 0 radical (unpaired) electrons. The van der Waals surface area contributed by atoms with E-state index in [0.29, 0.717) is 0 Å². The zero-order valence-electron chi connectivity index (χ0n) is 11.3. The van der Waals surface area contributed by atoms with E-state index in [1.54, 1.807) is 0 Å². The van der Waals surface area contributed by atoms with Gasteiger partial charge in [0, 0.05) is 0 Å². The highest BCUT2D eigenvalue weighted by Gasteiger charge is 2.32. The Morgan fingerprint density at radius 3 is 2.44 bits per heavy atom. The van der Waals surface area contributed by atoms with Crippen LogP contribution < -0.4 is 5.32 Å². The van der Waals surface area contributed by atoms with Gasteiger partial charge in [0.2, 0.25) is 0 Å². The third-order valence-electron chi connectivity index (χ3n) is 2.73. The number of likely N-dealkylation sites (N-methyl/N-ethyl adjacent to an activating group) is 1. The second kappa shape index (κ2) is 7.63. The number of hydrogen-bond donors (Lipinski definition) is 1. The maximum atomic E-state index is 11.7. The summed E-state index contributed by atoms with van der Waals surface area (Å²) in [6, 6.07) is 0. The molecule has 16 heavy (non-hydrogen) atoms. The van der Waals surface area contributed by atoms with Gasteiger partial charge in [-0.1, -0.05) is 6.92 Å². The van der Waals surface area contributed by atoms with Gasteiger partial charge in [-0.2, -0.15) is 0 Å². The quantitative estimate of drug-likeness (QED) is 0.503. The molecular weight excluding hydrogens is 204 g/mol. The van der Waals surface area contributed by atoms with E-state index >= 15 is 0 Å². The average Bonchev–Trinajstić information content (AvgIpc) is 2.23. The van der Waals surface area contributed by atoms with Crippen LogP contribution in [0.1, 0.15) is 33.1 Å². The van der Waals surface area contributed by atoms with Crippen LogP contribution in [0.15, 0.2) is 0 Å². The Kier molecular flexibility index (Phi) is 7.34. The van der Waals surface area contributed by atoms with Gasteiger partial charge in [-0.05, 0) is 53.4 Å². The van der Waals surface area contributed by atoms with Crippen LogP contribution in [0.5, 0.6) is 0 Å². The fourth-order valence-electron chi connectivity index (χ4n) is 1.78. The zero-order chi connectivity index (χ0) is 12.6. The number of esters is 1. The number of nitrogens with one attached hydrogen (secondary N) is 1. The van der Waals surface area contributed by atoms with Gasteiger partial charge in [0.25, 0.3) is 0 Å². The molecule has 1 N–H and O–H groups in total. The first-order chi connectivity index (χ1) is 7.46. The van der Waals surface area contributed by atoms with Crippen molar-refractivity contribution in [3.05, 3.63) is 0 Å². The molecule has 0 aliphatic carbocycles. The van der Waals surface area contributed by atoms with E-state index in [1.165, 1.54) is 7.11 Å². The normalized spacial score (nSPS) is 14.9. The Morgan fingerprint density at radius 1 is 1.38 bits per heavy atom. The molecule has 0 aromatic heterocycles. The molecule has 0 saturated heterocycles. The van der Waals surface area contributed by atoms with Gasteiger partial charge in [-0.25, -0.2) is 0 Å². The highest BCUT2D eigenvalue weighted by Crippen LogP contribution is 2.15. The lowest BCUT2D eigenvalue weighted by molar-refractivity contribution is -0.148. The Morgan fingerprint density at radius 2 is 2.00 bits per heavy atom. The van der Waals surface area contributed by atoms with Gasteiger partial charge in [-0.15, -0.1) is 0 Å². The summed E-state index contributed by atoms with van der Waals surface area (Å²) in [6.45, 7) is 5.75. The monoisotopic (exact) mass is 230 g/mol. The predicted molar refractivity (Wildman–Crippen MR) is 66.5 cm³/mol. The van der Waals surface area contributed by atoms with Crippen LogP contribution in [0.3, 0.4) is 0 Å². The molecule has 0 saturated carbocycles. The lowest BCUT2D eigenvalue weighted by Gasteiger charge is -2.27. The number of rotatable bonds is 8. The van der Waals surface area contributed by atoms with Crippen LogP contribution in [-0.2, 0) is 9.53 Å². The number of unbranched alkanes of at least 4 members (excludes halogenated alkanes) is 1. The Labute approximate surface area is 99.3 Å². The Bertz CT molecular complexity index is 207. The molecule has 0 rings (SSSR count). The van der Waals surface area contributed by atoms with Crippen LogP contribution in [0.25, 0.3) is 0 Å². The van der Waals surface area contributed by atoms with Crippen LogP contribution in [0.2, 0.25) is 0 Å². The molecule has 0 aromatic rings. The van der Waals surface area contributed by atoms with Gasteiger partial charge in [-0.3, -0.25) is 4.79 Å². The van der Waals surface area contributed by atoms with Crippen molar-refractivity contribution in [1.29, 1.82) is 0 Å². The summed E-state index contributed by atoms with van der Waals surface area (Å²) in [7, 11) is 5.56. The van der Waals surface area contributed by atoms with Crippen molar-refractivity contribution >= 4 is 5.97 Å². The van der Waals surface area contributed by atoms with Crippen molar-refractivity contribution in [3.63, 3.8) is 0 Å². The Balaban J connectivity index is 4.07. The number of carbonyl (C=O) groups excluding carboxylic acids is 1. The molecule has 1 atom stereocenters. The summed E-state index contributed by atoms with van der Waals surface area (Å²) in [5, 5.41) is 3.21. The highest BCUT2D eigenvalue weighted by molar-refractivity contribution is 5.80. The van der Waals surface area contributed by atoms with Crippen molar-refractivity contribution in [2.75, 3.05) is 34.3 Å². The molecule has 1 unspecified atom stereocenters. The lowest BCUT2D eigenvalue weighted by Crippen LogP contribution is -2.50. The SMILES string of the molecule is CCNC(C)(CCCCN(C)C)C(=O)OC. The minimum absolute atomic E-state index is 0.167. The number of nitrogens with zero attached hydrogens (tertiary/aromatic N) is 1. The minimum Gasteiger partial charge on any atom is -0.468 e. The molecule has 0 heterocycles. The summed E-state index contributed by atoms with van der Waals surface area (Å²) < 4.78 is 4.83. The molecule has 4 heteroatoms. The van der Waals surface area contributed by atoms with Crippen molar-refractivity contribution in [1.82, 2.24) is 10.2 Å². The van der Waals surface area contributed by atoms with E-state index < -0.39 is 5.54 Å². The summed E-state index contributed by atoms with van der Waals surface area (Å²) in [5.41, 5.74) is -0.532. The number of methoxy groups -OCH3 is 1. The molecule has 96 valence electrons. The van der Waals surface area contributed by atoms with Crippen LogP contribution in [0, 0.1) is 0 Å². The number of hydrogen-bond acceptors (Lipinski definition) is 4. The predicted octanol–water partition coefficient (Wildman–Crippen LogP) is 1.26. The average molecular weight is 230 g/mol. The van der Waals surface area contributed by atoms with Crippen molar-refractivity contribution < 1.29 is 9.53 Å². The number of ether oxygens (including phenoxy) is 1. The molecule has 0 amide bonds. The van der Waals surface area contributed by atoms with Crippen molar-refractivity contribution in [2.24, 2.45) is 0 Å². The van der Waals surface area contributed by atoms with Gasteiger partial charge in [0.1, 0.15) is 5.54 Å². The molecule has 0 aliphatic heterocycles. The lowest BCUT2D eigenvalue weighted by atomic mass is 9.94. The first-order valence-corrected chi connectivity index (χ1v) is 5.94. The van der Waals surface area contributed by atoms with Gasteiger partial charge < -0.3 is 15.0 Å².